The van der Waals surface area contributed by atoms with Crippen molar-refractivity contribution in [1.29, 1.82) is 0 Å². The summed E-state index contributed by atoms with van der Waals surface area (Å²) in [5, 5.41) is 16.5. The lowest BCUT2D eigenvalue weighted by atomic mass is 9.70. The molecule has 2 aromatic rings. The number of nitrogens with one attached hydrogen (secondary N) is 2. The molecule has 9 heteroatoms. The molecule has 0 radical (unpaired) electrons. The topological polar surface area (TPSA) is 98.7 Å². The molecule has 8 atom stereocenters. The van der Waals surface area contributed by atoms with Crippen molar-refractivity contribution in [2.24, 2.45) is 17.8 Å². The molecule has 3 aliphatic rings. The molecule has 0 aliphatic carbocycles. The lowest BCUT2D eigenvalue weighted by Gasteiger charge is -2.39. The van der Waals surface area contributed by atoms with E-state index in [2.05, 4.69) is 26.6 Å². The van der Waals surface area contributed by atoms with Crippen LogP contribution in [0.3, 0.4) is 0 Å². The van der Waals surface area contributed by atoms with Gasteiger partial charge >= 0.3 is 0 Å². The Kier molecular flexibility index (Phi) is 7.87. The van der Waals surface area contributed by atoms with E-state index in [1.807, 2.05) is 76.2 Å². The number of carbonyl (C=O) groups excluding carboxylic acids is 3. The highest BCUT2D eigenvalue weighted by molar-refractivity contribution is 9.09. The minimum absolute atomic E-state index is 0.0234. The summed E-state index contributed by atoms with van der Waals surface area (Å²) in [4.78, 5) is 44.1. The number of aliphatic hydroxyl groups excluding tert-OH is 1. The van der Waals surface area contributed by atoms with Crippen molar-refractivity contribution < 1.29 is 19.5 Å². The van der Waals surface area contributed by atoms with Gasteiger partial charge in [0.05, 0.1) is 29.2 Å². The first kappa shape index (κ1) is 28.2. The normalized spacial score (nSPS) is 30.7. The Morgan fingerprint density at radius 2 is 1.77 bits per heavy atom. The summed E-state index contributed by atoms with van der Waals surface area (Å²) in [6.45, 7) is 7.67. The molecule has 3 aliphatic heterocycles. The maximum absolute atomic E-state index is 14.4. The molecule has 3 unspecified atom stereocenters. The maximum atomic E-state index is 14.4. The number of hydrogen-bond donors (Lipinski definition) is 3. The summed E-state index contributed by atoms with van der Waals surface area (Å²) in [6.07, 6.45) is 1.33. The first-order valence-corrected chi connectivity index (χ1v) is 15.4. The summed E-state index contributed by atoms with van der Waals surface area (Å²) in [6, 6.07) is 13.8. The lowest BCUT2D eigenvalue weighted by Crippen LogP contribution is -2.56. The molecule has 2 bridgehead atoms. The monoisotopic (exact) mass is 613 g/mol. The molecule has 0 saturated carbocycles. The van der Waals surface area contributed by atoms with Gasteiger partial charge in [0.15, 0.2) is 0 Å². The fourth-order valence-electron chi connectivity index (χ4n) is 6.79. The highest BCUT2D eigenvalue weighted by atomic mass is 79.9. The number of carbonyl (C=O) groups is 3. The lowest BCUT2D eigenvalue weighted by molar-refractivity contribution is -0.142. The molecule has 2 aromatic carbocycles. The fourth-order valence-corrected chi connectivity index (χ4v) is 10.4. The van der Waals surface area contributed by atoms with Gasteiger partial charge in [-0.1, -0.05) is 72.6 Å². The van der Waals surface area contributed by atoms with Crippen molar-refractivity contribution in [3.05, 3.63) is 59.7 Å². The Balaban J connectivity index is 1.57. The Hall–Kier alpha value is -2.36. The van der Waals surface area contributed by atoms with Crippen LogP contribution >= 0.6 is 27.7 Å². The highest BCUT2D eigenvalue weighted by Gasteiger charge is 2.76. The third-order valence-corrected chi connectivity index (χ3v) is 12.1. The van der Waals surface area contributed by atoms with E-state index in [4.69, 9.17) is 0 Å². The third-order valence-electron chi connectivity index (χ3n) is 8.89. The van der Waals surface area contributed by atoms with Gasteiger partial charge in [-0.2, -0.15) is 0 Å². The average Bonchev–Trinajstić information content (AvgIpc) is 3.51. The van der Waals surface area contributed by atoms with E-state index in [0.717, 1.165) is 23.2 Å². The zero-order valence-corrected chi connectivity index (χ0v) is 25.1. The summed E-state index contributed by atoms with van der Waals surface area (Å²) in [5.74, 6) is -1.96. The van der Waals surface area contributed by atoms with Crippen LogP contribution in [-0.2, 0) is 14.4 Å². The zero-order valence-electron chi connectivity index (χ0n) is 22.7. The van der Waals surface area contributed by atoms with Crippen LogP contribution in [0.2, 0.25) is 0 Å². The number of hydrogen-bond acceptors (Lipinski definition) is 5. The van der Waals surface area contributed by atoms with Crippen LogP contribution in [0.1, 0.15) is 37.8 Å². The largest absolute Gasteiger partial charge is 0.394 e. The number of halogens is 1. The second kappa shape index (κ2) is 10.9. The number of thioether (sulfide) groups is 1. The number of rotatable bonds is 8. The number of benzene rings is 2. The van der Waals surface area contributed by atoms with E-state index in [9.17, 15) is 19.5 Å². The number of aryl methyl sites for hydroxylation is 2. The average molecular weight is 615 g/mol. The van der Waals surface area contributed by atoms with Gasteiger partial charge in [0, 0.05) is 21.5 Å². The standard InChI is InChI=1S/C30H36BrN3O4S/c1-5-16(2)21(15-35)34-26(28(37)33-24-17(3)10-9-11-18(24)4)30-14-20(31)25(39-30)22(23(30)29(34)38)27(36)32-19-12-7-6-8-13-19/h6-13,16,20-23,25-26,35H,5,14-15H2,1-4H3,(H,32,36)(H,33,37)/t16-,20?,21-,22-,23-,25-,26?,30?/m0/s1. The molecule has 0 aromatic heterocycles. The van der Waals surface area contributed by atoms with Gasteiger partial charge in [0.25, 0.3) is 0 Å². The molecular formula is C30H36BrN3O4S. The maximum Gasteiger partial charge on any atom is 0.248 e. The van der Waals surface area contributed by atoms with Crippen LogP contribution in [0.15, 0.2) is 48.5 Å². The summed E-state index contributed by atoms with van der Waals surface area (Å²) >= 11 is 5.41. The number of aliphatic hydroxyl groups is 1. The van der Waals surface area contributed by atoms with Crippen LogP contribution in [0, 0.1) is 31.6 Å². The molecule has 1 spiro atoms. The molecule has 208 valence electrons. The van der Waals surface area contributed by atoms with Crippen LogP contribution in [-0.4, -0.2) is 61.2 Å². The summed E-state index contributed by atoms with van der Waals surface area (Å²) in [5.41, 5.74) is 3.30. The van der Waals surface area contributed by atoms with Gasteiger partial charge < -0.3 is 20.6 Å². The highest BCUT2D eigenvalue weighted by Crippen LogP contribution is 2.68. The van der Waals surface area contributed by atoms with Gasteiger partial charge in [-0.15, -0.1) is 11.8 Å². The van der Waals surface area contributed by atoms with Crippen molar-refractivity contribution in [3.8, 4) is 0 Å². The first-order valence-electron chi connectivity index (χ1n) is 13.6. The van der Waals surface area contributed by atoms with Crippen molar-refractivity contribution in [1.82, 2.24) is 4.90 Å². The third kappa shape index (κ3) is 4.60. The van der Waals surface area contributed by atoms with E-state index in [1.165, 1.54) is 0 Å². The van der Waals surface area contributed by atoms with Gasteiger partial charge in [-0.05, 0) is 49.4 Å². The second-order valence-electron chi connectivity index (χ2n) is 11.2. The molecule has 3 saturated heterocycles. The second-order valence-corrected chi connectivity index (χ2v) is 13.9. The molecule has 3 fully saturated rings. The van der Waals surface area contributed by atoms with E-state index >= 15 is 0 Å². The van der Waals surface area contributed by atoms with Crippen molar-refractivity contribution in [3.63, 3.8) is 0 Å². The van der Waals surface area contributed by atoms with Crippen LogP contribution in [0.5, 0.6) is 0 Å². The zero-order chi connectivity index (χ0) is 28.1. The summed E-state index contributed by atoms with van der Waals surface area (Å²) in [7, 11) is 0. The van der Waals surface area contributed by atoms with Crippen molar-refractivity contribution >= 4 is 56.8 Å². The molecule has 5 rings (SSSR count). The Morgan fingerprint density at radius 1 is 1.10 bits per heavy atom. The number of nitrogens with zero attached hydrogens (tertiary/aromatic N) is 1. The van der Waals surface area contributed by atoms with Crippen molar-refractivity contribution in [2.75, 3.05) is 17.2 Å². The van der Waals surface area contributed by atoms with E-state index in [0.29, 0.717) is 12.1 Å². The van der Waals surface area contributed by atoms with Gasteiger partial charge in [-0.25, -0.2) is 0 Å². The quantitative estimate of drug-likeness (QED) is 0.373. The van der Waals surface area contributed by atoms with Crippen LogP contribution in [0.25, 0.3) is 0 Å². The van der Waals surface area contributed by atoms with Crippen molar-refractivity contribution in [2.45, 2.75) is 67.4 Å². The predicted molar refractivity (Wildman–Crippen MR) is 159 cm³/mol. The number of alkyl halides is 1. The fraction of sp³-hybridized carbons (Fsp3) is 0.500. The molecule has 39 heavy (non-hydrogen) atoms. The number of likely N-dealkylation sites (tertiary alicyclic amines) is 1. The Morgan fingerprint density at radius 3 is 2.38 bits per heavy atom. The van der Waals surface area contributed by atoms with E-state index < -0.39 is 28.7 Å². The number of anilines is 2. The molecule has 3 heterocycles. The smallest absolute Gasteiger partial charge is 0.248 e. The van der Waals surface area contributed by atoms with E-state index in [1.54, 1.807) is 16.7 Å². The van der Waals surface area contributed by atoms with Gasteiger partial charge in [-0.3, -0.25) is 14.4 Å². The minimum atomic E-state index is -0.815. The Labute approximate surface area is 242 Å². The SMILES string of the molecule is CC[C@H](C)[C@H](CO)N1C(=O)[C@@H]2[C@H](C(=O)Nc3ccccc3)[C@H]3SC2(CC3Br)C1C(=O)Nc1c(C)cccc1C. The minimum Gasteiger partial charge on any atom is -0.394 e. The summed E-state index contributed by atoms with van der Waals surface area (Å²) < 4.78 is -0.782. The molecular weight excluding hydrogens is 578 g/mol. The number of para-hydroxylation sites is 2. The Bertz CT molecular complexity index is 1260. The molecule has 3 N–H and O–H groups in total. The predicted octanol–water partition coefficient (Wildman–Crippen LogP) is 4.75. The van der Waals surface area contributed by atoms with E-state index in [-0.39, 0.29) is 40.3 Å². The molecule has 7 nitrogen and oxygen atoms in total. The number of amides is 3. The number of fused-ring (bicyclic) bond motifs is 1. The van der Waals surface area contributed by atoms with Gasteiger partial charge in [0.1, 0.15) is 6.04 Å². The van der Waals surface area contributed by atoms with Crippen LogP contribution in [0.4, 0.5) is 11.4 Å². The molecule has 3 amide bonds. The van der Waals surface area contributed by atoms with Crippen LogP contribution < -0.4 is 10.6 Å². The van der Waals surface area contributed by atoms with Gasteiger partial charge in [0.2, 0.25) is 17.7 Å². The first-order chi connectivity index (χ1) is 18.6.